The van der Waals surface area contributed by atoms with E-state index in [0.717, 1.165) is 19.3 Å². The smallest absolute Gasteiger partial charge is 0.222 e. The summed E-state index contributed by atoms with van der Waals surface area (Å²) >= 11 is 1.84. The van der Waals surface area contributed by atoms with Gasteiger partial charge in [0.05, 0.1) is 0 Å². The summed E-state index contributed by atoms with van der Waals surface area (Å²) in [6.45, 7) is 2.36. The molecule has 0 N–H and O–H groups in total. The molecule has 3 aromatic carbocycles. The first-order valence-corrected chi connectivity index (χ1v) is 10.9. The van der Waals surface area contributed by atoms with Crippen LogP contribution in [0.4, 0.5) is 0 Å². The van der Waals surface area contributed by atoms with Gasteiger partial charge >= 0.3 is 0 Å². The van der Waals surface area contributed by atoms with Crippen molar-refractivity contribution in [3.63, 3.8) is 0 Å². The van der Waals surface area contributed by atoms with Crippen LogP contribution in [-0.4, -0.2) is 23.9 Å². The van der Waals surface area contributed by atoms with Crippen LogP contribution in [0.5, 0.6) is 0 Å². The molecule has 0 radical (unpaired) electrons. The fourth-order valence-corrected chi connectivity index (χ4v) is 6.13. The van der Waals surface area contributed by atoms with E-state index in [2.05, 4.69) is 67.6 Å². The third-order valence-electron chi connectivity index (χ3n) is 6.79. The molecule has 0 spiro atoms. The summed E-state index contributed by atoms with van der Waals surface area (Å²) in [5, 5.41) is 2.57. The topological polar surface area (TPSA) is 20.3 Å². The second kappa shape index (κ2) is 6.66. The Balaban J connectivity index is 1.45. The van der Waals surface area contributed by atoms with Gasteiger partial charge in [-0.1, -0.05) is 55.1 Å². The van der Waals surface area contributed by atoms with Gasteiger partial charge < -0.3 is 4.90 Å². The average molecular weight is 388 g/mol. The zero-order chi connectivity index (χ0) is 19.3. The zero-order valence-corrected chi connectivity index (χ0v) is 17.3. The predicted octanol–water partition coefficient (Wildman–Crippen LogP) is 5.82. The molecule has 2 atom stereocenters. The number of carbonyl (C=O) groups excluding carboxylic acids is 1. The van der Waals surface area contributed by atoms with Crippen molar-refractivity contribution in [2.75, 3.05) is 7.05 Å². The minimum Gasteiger partial charge on any atom is -0.342 e. The Hall–Kier alpha value is -2.26. The van der Waals surface area contributed by atoms with Crippen LogP contribution in [0.1, 0.15) is 37.3 Å². The molecule has 3 heteroatoms. The van der Waals surface area contributed by atoms with Crippen LogP contribution >= 0.6 is 11.8 Å². The number of fused-ring (bicyclic) bond motifs is 4. The van der Waals surface area contributed by atoms with Crippen molar-refractivity contribution in [2.45, 2.75) is 53.9 Å². The van der Waals surface area contributed by atoms with E-state index in [4.69, 9.17) is 0 Å². The van der Waals surface area contributed by atoms with Crippen LogP contribution in [0, 0.1) is 0 Å². The highest BCUT2D eigenvalue weighted by Gasteiger charge is 2.46. The summed E-state index contributed by atoms with van der Waals surface area (Å²) in [6.07, 6.45) is 3.75. The molecule has 142 valence electrons. The van der Waals surface area contributed by atoms with Gasteiger partial charge in [-0.3, -0.25) is 4.79 Å². The number of piperidine rings is 1. The normalized spacial score (nSPS) is 24.1. The molecule has 2 aliphatic rings. The highest BCUT2D eigenvalue weighted by atomic mass is 32.2. The Bertz CT molecular complexity index is 1080. The van der Waals surface area contributed by atoms with Crippen LogP contribution in [0.2, 0.25) is 0 Å². The Morgan fingerprint density at radius 3 is 2.57 bits per heavy atom. The first-order chi connectivity index (χ1) is 13.5. The van der Waals surface area contributed by atoms with Crippen molar-refractivity contribution in [1.29, 1.82) is 0 Å². The Morgan fingerprint density at radius 2 is 1.71 bits per heavy atom. The number of benzene rings is 3. The van der Waals surface area contributed by atoms with Crippen LogP contribution in [0.25, 0.3) is 10.8 Å². The molecule has 1 unspecified atom stereocenters. The van der Waals surface area contributed by atoms with Gasteiger partial charge in [-0.05, 0) is 65.4 Å². The maximum Gasteiger partial charge on any atom is 0.222 e. The van der Waals surface area contributed by atoms with Gasteiger partial charge in [-0.15, -0.1) is 0 Å². The fraction of sp³-hybridized carbons (Fsp3) is 0.320. The number of likely N-dealkylation sites (tertiary alicyclic amines) is 1. The molecule has 28 heavy (non-hydrogen) atoms. The van der Waals surface area contributed by atoms with Crippen molar-refractivity contribution >= 4 is 28.4 Å². The number of amides is 1. The summed E-state index contributed by atoms with van der Waals surface area (Å²) < 4.78 is 0. The number of aryl methyl sites for hydroxylation is 1. The van der Waals surface area contributed by atoms with E-state index in [9.17, 15) is 4.79 Å². The molecular weight excluding hydrogens is 362 g/mol. The average Bonchev–Trinajstić information content (AvgIpc) is 2.71. The van der Waals surface area contributed by atoms with E-state index in [1.54, 1.807) is 0 Å². The maximum atomic E-state index is 12.2. The van der Waals surface area contributed by atoms with Crippen molar-refractivity contribution in [1.82, 2.24) is 4.90 Å². The zero-order valence-electron chi connectivity index (χ0n) is 16.4. The van der Waals surface area contributed by atoms with Crippen molar-refractivity contribution < 1.29 is 4.79 Å². The van der Waals surface area contributed by atoms with E-state index < -0.39 is 0 Å². The number of rotatable bonds is 2. The van der Waals surface area contributed by atoms with Crippen LogP contribution in [-0.2, 0) is 16.6 Å². The van der Waals surface area contributed by atoms with Gasteiger partial charge in [-0.25, -0.2) is 0 Å². The second-order valence-electron chi connectivity index (χ2n) is 8.41. The lowest BCUT2D eigenvalue weighted by Gasteiger charge is -2.50. The fourth-order valence-electron chi connectivity index (χ4n) is 5.19. The van der Waals surface area contributed by atoms with Crippen LogP contribution < -0.4 is 0 Å². The maximum absolute atomic E-state index is 12.2. The summed E-state index contributed by atoms with van der Waals surface area (Å²) in [7, 11) is 1.99. The van der Waals surface area contributed by atoms with E-state index in [1.807, 2.05) is 23.7 Å². The molecule has 0 aromatic heterocycles. The number of hydrogen-bond donors (Lipinski definition) is 0. The molecule has 0 saturated carbocycles. The molecule has 0 bridgehead atoms. The minimum absolute atomic E-state index is 0.0857. The molecule has 1 aliphatic carbocycles. The Labute approximate surface area is 170 Å². The lowest BCUT2D eigenvalue weighted by Crippen LogP contribution is -2.56. The third-order valence-corrected chi connectivity index (χ3v) is 7.77. The lowest BCUT2D eigenvalue weighted by molar-refractivity contribution is -0.138. The largest absolute Gasteiger partial charge is 0.342 e. The van der Waals surface area contributed by atoms with E-state index in [0.29, 0.717) is 18.4 Å². The monoisotopic (exact) mass is 387 g/mol. The SMILES string of the molecule is CN1C(=O)CC[C@]2(C)c3ccc(Sc4ccc5ccccc5c4)cc3CCC12. The van der Waals surface area contributed by atoms with Crippen molar-refractivity contribution in [3.8, 4) is 0 Å². The first kappa shape index (κ1) is 17.8. The van der Waals surface area contributed by atoms with Crippen molar-refractivity contribution in [3.05, 3.63) is 71.8 Å². The molecule has 1 amide bonds. The number of hydrogen-bond acceptors (Lipinski definition) is 2. The molecule has 1 fully saturated rings. The van der Waals surface area contributed by atoms with E-state index in [1.165, 1.54) is 31.7 Å². The first-order valence-electron chi connectivity index (χ1n) is 10.1. The van der Waals surface area contributed by atoms with Gasteiger partial charge in [0.15, 0.2) is 0 Å². The molecular formula is C25H25NOS. The molecule has 1 aliphatic heterocycles. The van der Waals surface area contributed by atoms with Gasteiger partial charge in [0.1, 0.15) is 0 Å². The number of carbonyl (C=O) groups is 1. The Kier molecular flexibility index (Phi) is 4.24. The van der Waals surface area contributed by atoms with Gasteiger partial charge in [0.2, 0.25) is 5.91 Å². The number of nitrogens with zero attached hydrogens (tertiary/aromatic N) is 1. The lowest BCUT2D eigenvalue weighted by atomic mass is 9.63. The molecule has 1 heterocycles. The minimum atomic E-state index is 0.0857. The van der Waals surface area contributed by atoms with Gasteiger partial charge in [0, 0.05) is 34.7 Å². The van der Waals surface area contributed by atoms with E-state index in [-0.39, 0.29) is 5.41 Å². The summed E-state index contributed by atoms with van der Waals surface area (Å²) in [5.74, 6) is 0.300. The highest BCUT2D eigenvalue weighted by Crippen LogP contribution is 2.46. The molecule has 1 saturated heterocycles. The Morgan fingerprint density at radius 1 is 0.964 bits per heavy atom. The highest BCUT2D eigenvalue weighted by molar-refractivity contribution is 7.99. The van der Waals surface area contributed by atoms with Crippen molar-refractivity contribution in [2.24, 2.45) is 0 Å². The second-order valence-corrected chi connectivity index (χ2v) is 9.55. The van der Waals surface area contributed by atoms with Crippen LogP contribution in [0.15, 0.2) is 70.5 Å². The molecule has 2 nitrogen and oxygen atoms in total. The van der Waals surface area contributed by atoms with Gasteiger partial charge in [-0.2, -0.15) is 0 Å². The summed E-state index contributed by atoms with van der Waals surface area (Å²) in [4.78, 5) is 16.8. The van der Waals surface area contributed by atoms with Gasteiger partial charge in [0.25, 0.3) is 0 Å². The molecule has 5 rings (SSSR count). The standard InChI is InChI=1S/C25H25NOS/c1-25-14-13-24(27)26(2)23(25)12-8-19-16-21(10-11-22(19)25)28-20-9-7-17-5-3-4-6-18(17)15-20/h3-7,9-11,15-16,23H,8,12-14H2,1-2H3/t23?,25-/m1/s1. The third kappa shape index (κ3) is 2.84. The van der Waals surface area contributed by atoms with Crippen LogP contribution in [0.3, 0.4) is 0 Å². The summed E-state index contributed by atoms with van der Waals surface area (Å²) in [6, 6.07) is 22.5. The molecule has 3 aromatic rings. The summed E-state index contributed by atoms with van der Waals surface area (Å²) in [5.41, 5.74) is 3.00. The number of likely N-dealkylation sites (N-methyl/N-ethyl adjacent to an activating group) is 1. The predicted molar refractivity (Wildman–Crippen MR) is 116 cm³/mol. The quantitative estimate of drug-likeness (QED) is 0.552. The van der Waals surface area contributed by atoms with E-state index >= 15 is 0 Å².